The summed E-state index contributed by atoms with van der Waals surface area (Å²) >= 11 is 0. The minimum Gasteiger partial charge on any atom is -0.351 e. The zero-order valence-corrected chi connectivity index (χ0v) is 13.0. The number of rotatable bonds is 7. The Bertz CT molecular complexity index is 431. The van der Waals surface area contributed by atoms with E-state index in [1.165, 1.54) is 5.56 Å². The molecule has 0 aliphatic rings. The van der Waals surface area contributed by atoms with Crippen molar-refractivity contribution in [2.45, 2.75) is 52.4 Å². The van der Waals surface area contributed by atoms with Gasteiger partial charge in [0.05, 0.1) is 6.04 Å². The van der Waals surface area contributed by atoms with Crippen LogP contribution in [0.4, 0.5) is 0 Å². The number of hydrogen-bond acceptors (Lipinski definition) is 3. The third-order valence-electron chi connectivity index (χ3n) is 3.55. The topological polar surface area (TPSA) is 58.4 Å². The van der Waals surface area contributed by atoms with Crippen molar-refractivity contribution in [1.29, 1.82) is 0 Å². The molecule has 1 atom stereocenters. The van der Waals surface area contributed by atoms with Crippen molar-refractivity contribution in [2.24, 2.45) is 5.73 Å². The Hall–Kier alpha value is -1.39. The van der Waals surface area contributed by atoms with E-state index in [0.29, 0.717) is 19.0 Å². The number of nitrogens with zero attached hydrogens (tertiary/aromatic N) is 1. The highest BCUT2D eigenvalue weighted by atomic mass is 16.2. The van der Waals surface area contributed by atoms with Crippen LogP contribution in [0.3, 0.4) is 0 Å². The highest BCUT2D eigenvalue weighted by molar-refractivity contribution is 5.81. The highest BCUT2D eigenvalue weighted by Gasteiger charge is 2.10. The van der Waals surface area contributed by atoms with E-state index in [1.807, 2.05) is 19.1 Å². The van der Waals surface area contributed by atoms with E-state index in [4.69, 9.17) is 5.73 Å². The summed E-state index contributed by atoms with van der Waals surface area (Å²) in [5.74, 6) is -0.0859. The molecule has 0 saturated heterocycles. The van der Waals surface area contributed by atoms with Crippen LogP contribution in [0.1, 0.15) is 38.3 Å². The summed E-state index contributed by atoms with van der Waals surface area (Å²) in [7, 11) is 2.11. The Balaban J connectivity index is 2.58. The minimum atomic E-state index is -0.412. The van der Waals surface area contributed by atoms with Crippen molar-refractivity contribution in [3.63, 3.8) is 0 Å². The van der Waals surface area contributed by atoms with Crippen molar-refractivity contribution in [1.82, 2.24) is 10.2 Å². The molecular formula is C16H27N3O. The monoisotopic (exact) mass is 277 g/mol. The summed E-state index contributed by atoms with van der Waals surface area (Å²) in [4.78, 5) is 13.9. The molecule has 1 rings (SSSR count). The van der Waals surface area contributed by atoms with Crippen LogP contribution < -0.4 is 11.1 Å². The molecule has 0 aromatic heterocycles. The van der Waals surface area contributed by atoms with Gasteiger partial charge in [0.15, 0.2) is 0 Å². The summed E-state index contributed by atoms with van der Waals surface area (Å²) in [5, 5.41) is 2.88. The van der Waals surface area contributed by atoms with Crippen LogP contribution in [0.15, 0.2) is 24.3 Å². The Kier molecular flexibility index (Phi) is 6.68. The van der Waals surface area contributed by atoms with E-state index in [2.05, 4.69) is 43.2 Å². The molecule has 0 heterocycles. The van der Waals surface area contributed by atoms with Gasteiger partial charge in [-0.1, -0.05) is 31.2 Å². The van der Waals surface area contributed by atoms with Gasteiger partial charge in [-0.15, -0.1) is 0 Å². The summed E-state index contributed by atoms with van der Waals surface area (Å²) < 4.78 is 0. The normalized spacial score (nSPS) is 12.8. The Morgan fingerprint density at radius 2 is 2.00 bits per heavy atom. The molecule has 4 heteroatoms. The molecule has 0 aliphatic carbocycles. The van der Waals surface area contributed by atoms with Gasteiger partial charge < -0.3 is 11.1 Å². The summed E-state index contributed by atoms with van der Waals surface area (Å²) in [6, 6.07) is 8.41. The van der Waals surface area contributed by atoms with Crippen molar-refractivity contribution in [3.05, 3.63) is 35.4 Å². The third-order valence-corrected chi connectivity index (χ3v) is 3.55. The van der Waals surface area contributed by atoms with Gasteiger partial charge in [0, 0.05) is 19.1 Å². The van der Waals surface area contributed by atoms with Gasteiger partial charge >= 0.3 is 0 Å². The molecule has 1 aromatic carbocycles. The standard InChI is InChI=1S/C16H27N3O/c1-5-15(17)16(20)18-10-13-7-6-8-14(9-13)11-19(4)12(2)3/h6-9,12,15H,5,10-11,17H2,1-4H3,(H,18,20)/t15-/m0/s1. The number of carbonyl (C=O) groups excluding carboxylic acids is 1. The average Bonchev–Trinajstić information content (AvgIpc) is 2.44. The zero-order chi connectivity index (χ0) is 15.1. The van der Waals surface area contributed by atoms with Gasteiger partial charge in [0.2, 0.25) is 5.91 Å². The molecule has 4 nitrogen and oxygen atoms in total. The fraction of sp³-hybridized carbons (Fsp3) is 0.562. The molecular weight excluding hydrogens is 250 g/mol. The molecule has 0 radical (unpaired) electrons. The van der Waals surface area contributed by atoms with Gasteiger partial charge in [-0.2, -0.15) is 0 Å². The Labute approximate surface area is 122 Å². The second-order valence-corrected chi connectivity index (χ2v) is 5.56. The fourth-order valence-electron chi connectivity index (χ4n) is 1.81. The first kappa shape index (κ1) is 16.7. The number of benzene rings is 1. The van der Waals surface area contributed by atoms with Gasteiger partial charge in [-0.05, 0) is 38.4 Å². The van der Waals surface area contributed by atoms with E-state index in [0.717, 1.165) is 12.1 Å². The number of nitrogens with two attached hydrogens (primary N) is 1. The third kappa shape index (κ3) is 5.31. The molecule has 0 bridgehead atoms. The van der Waals surface area contributed by atoms with Crippen LogP contribution in [-0.2, 0) is 17.9 Å². The van der Waals surface area contributed by atoms with Gasteiger partial charge in [-0.3, -0.25) is 9.69 Å². The lowest BCUT2D eigenvalue weighted by Gasteiger charge is -2.21. The second kappa shape index (κ2) is 8.02. The van der Waals surface area contributed by atoms with Crippen LogP contribution in [-0.4, -0.2) is 29.9 Å². The second-order valence-electron chi connectivity index (χ2n) is 5.56. The minimum absolute atomic E-state index is 0.0859. The molecule has 3 N–H and O–H groups in total. The maximum atomic E-state index is 11.7. The number of nitrogens with one attached hydrogen (secondary N) is 1. The lowest BCUT2D eigenvalue weighted by Crippen LogP contribution is -2.39. The Morgan fingerprint density at radius 1 is 1.35 bits per heavy atom. The average molecular weight is 277 g/mol. The van der Waals surface area contributed by atoms with Crippen LogP contribution in [0.5, 0.6) is 0 Å². The maximum absolute atomic E-state index is 11.7. The first-order valence-corrected chi connectivity index (χ1v) is 7.25. The first-order chi connectivity index (χ1) is 9.43. The van der Waals surface area contributed by atoms with Crippen LogP contribution in [0, 0.1) is 0 Å². The number of carbonyl (C=O) groups is 1. The predicted molar refractivity (Wildman–Crippen MR) is 83.2 cm³/mol. The molecule has 1 aromatic rings. The smallest absolute Gasteiger partial charge is 0.237 e. The molecule has 0 spiro atoms. The van der Waals surface area contributed by atoms with Gasteiger partial charge in [0.25, 0.3) is 0 Å². The summed E-state index contributed by atoms with van der Waals surface area (Å²) in [5.41, 5.74) is 8.06. The highest BCUT2D eigenvalue weighted by Crippen LogP contribution is 2.09. The largest absolute Gasteiger partial charge is 0.351 e. The molecule has 0 unspecified atom stereocenters. The quantitative estimate of drug-likeness (QED) is 0.800. The maximum Gasteiger partial charge on any atom is 0.237 e. The van der Waals surface area contributed by atoms with Gasteiger partial charge in [0.1, 0.15) is 0 Å². The molecule has 0 fully saturated rings. The summed E-state index contributed by atoms with van der Waals surface area (Å²) in [6.45, 7) is 7.71. The van der Waals surface area contributed by atoms with Crippen molar-refractivity contribution in [2.75, 3.05) is 7.05 Å². The van der Waals surface area contributed by atoms with E-state index in [1.54, 1.807) is 0 Å². The van der Waals surface area contributed by atoms with E-state index >= 15 is 0 Å². The van der Waals surface area contributed by atoms with Crippen LogP contribution in [0.25, 0.3) is 0 Å². The number of hydrogen-bond donors (Lipinski definition) is 2. The number of amides is 1. The first-order valence-electron chi connectivity index (χ1n) is 7.25. The van der Waals surface area contributed by atoms with Gasteiger partial charge in [-0.25, -0.2) is 0 Å². The molecule has 20 heavy (non-hydrogen) atoms. The lowest BCUT2D eigenvalue weighted by molar-refractivity contribution is -0.122. The van der Waals surface area contributed by atoms with Crippen molar-refractivity contribution >= 4 is 5.91 Å². The SMILES string of the molecule is CC[C@H](N)C(=O)NCc1cccc(CN(C)C(C)C)c1. The van der Waals surface area contributed by atoms with Crippen LogP contribution in [0.2, 0.25) is 0 Å². The zero-order valence-electron chi connectivity index (χ0n) is 13.0. The molecule has 112 valence electrons. The molecule has 0 aliphatic heterocycles. The molecule has 0 saturated carbocycles. The lowest BCUT2D eigenvalue weighted by atomic mass is 10.1. The molecule has 1 amide bonds. The Morgan fingerprint density at radius 3 is 2.60 bits per heavy atom. The van der Waals surface area contributed by atoms with Crippen molar-refractivity contribution in [3.8, 4) is 0 Å². The fourth-order valence-corrected chi connectivity index (χ4v) is 1.81. The van der Waals surface area contributed by atoms with E-state index < -0.39 is 6.04 Å². The van der Waals surface area contributed by atoms with Crippen LogP contribution >= 0.6 is 0 Å². The summed E-state index contributed by atoms with van der Waals surface area (Å²) in [6.07, 6.45) is 0.658. The predicted octanol–water partition coefficient (Wildman–Crippen LogP) is 1.88. The van der Waals surface area contributed by atoms with Crippen molar-refractivity contribution < 1.29 is 4.79 Å². The van der Waals surface area contributed by atoms with E-state index in [9.17, 15) is 4.79 Å². The van der Waals surface area contributed by atoms with E-state index in [-0.39, 0.29) is 5.91 Å².